The van der Waals surface area contributed by atoms with Gasteiger partial charge in [0.15, 0.2) is 5.76 Å². The first-order chi connectivity index (χ1) is 6.66. The third-order valence-corrected chi connectivity index (χ3v) is 1.98. The zero-order chi connectivity index (χ0) is 10.1. The SMILES string of the molecule is Cc1ccc(C(=O)N2CC(O)CO2)o1. The van der Waals surface area contributed by atoms with Crippen molar-refractivity contribution in [1.82, 2.24) is 5.06 Å². The number of amides is 1. The Morgan fingerprint density at radius 1 is 1.64 bits per heavy atom. The van der Waals surface area contributed by atoms with Gasteiger partial charge >= 0.3 is 5.91 Å². The number of nitrogens with zero attached hydrogens (tertiary/aromatic N) is 1. The van der Waals surface area contributed by atoms with Crippen LogP contribution in [0.4, 0.5) is 0 Å². The molecule has 0 saturated carbocycles. The number of rotatable bonds is 1. The van der Waals surface area contributed by atoms with Gasteiger partial charge in [0.25, 0.3) is 0 Å². The van der Waals surface area contributed by atoms with Crippen LogP contribution in [0.5, 0.6) is 0 Å². The smallest absolute Gasteiger partial charge is 0.313 e. The number of carbonyl (C=O) groups is 1. The molecule has 1 saturated heterocycles. The van der Waals surface area contributed by atoms with Crippen LogP contribution < -0.4 is 0 Å². The maximum absolute atomic E-state index is 11.6. The topological polar surface area (TPSA) is 62.9 Å². The van der Waals surface area contributed by atoms with Crippen molar-refractivity contribution in [3.63, 3.8) is 0 Å². The summed E-state index contributed by atoms with van der Waals surface area (Å²) in [5.74, 6) is 0.555. The van der Waals surface area contributed by atoms with Crippen molar-refractivity contribution in [1.29, 1.82) is 0 Å². The lowest BCUT2D eigenvalue weighted by molar-refractivity contribution is -0.0795. The number of furan rings is 1. The second-order valence-corrected chi connectivity index (χ2v) is 3.23. The molecule has 5 heteroatoms. The van der Waals surface area contributed by atoms with Crippen molar-refractivity contribution >= 4 is 5.91 Å². The van der Waals surface area contributed by atoms with Gasteiger partial charge in [0.1, 0.15) is 18.5 Å². The zero-order valence-corrected chi connectivity index (χ0v) is 7.77. The minimum absolute atomic E-state index is 0.158. The van der Waals surface area contributed by atoms with Crippen molar-refractivity contribution in [2.24, 2.45) is 0 Å². The molecule has 0 radical (unpaired) electrons. The van der Waals surface area contributed by atoms with E-state index in [0.29, 0.717) is 5.76 Å². The van der Waals surface area contributed by atoms with E-state index in [-0.39, 0.29) is 24.8 Å². The number of hydroxylamine groups is 2. The van der Waals surface area contributed by atoms with Crippen LogP contribution in [0.2, 0.25) is 0 Å². The molecule has 1 amide bonds. The molecular weight excluding hydrogens is 186 g/mol. The van der Waals surface area contributed by atoms with E-state index < -0.39 is 6.10 Å². The molecule has 0 bridgehead atoms. The van der Waals surface area contributed by atoms with Gasteiger partial charge < -0.3 is 9.52 Å². The zero-order valence-electron chi connectivity index (χ0n) is 7.77. The summed E-state index contributed by atoms with van der Waals surface area (Å²) in [6.07, 6.45) is -0.602. The standard InChI is InChI=1S/C9H11NO4/c1-6-2-3-8(14-6)9(12)10-4-7(11)5-13-10/h2-3,7,11H,4-5H2,1H3. The predicted octanol–water partition coefficient (Wildman–Crippen LogP) is 0.336. The van der Waals surface area contributed by atoms with Crippen LogP contribution >= 0.6 is 0 Å². The summed E-state index contributed by atoms with van der Waals surface area (Å²) in [6, 6.07) is 3.30. The second kappa shape index (κ2) is 3.43. The van der Waals surface area contributed by atoms with Gasteiger partial charge in [-0.05, 0) is 19.1 Å². The first-order valence-electron chi connectivity index (χ1n) is 4.36. The molecule has 1 atom stereocenters. The molecule has 1 aliphatic heterocycles. The maximum Gasteiger partial charge on any atom is 0.313 e. The molecule has 0 aromatic carbocycles. The van der Waals surface area contributed by atoms with E-state index >= 15 is 0 Å². The average molecular weight is 197 g/mol. The van der Waals surface area contributed by atoms with Gasteiger partial charge in [0.05, 0.1) is 6.54 Å². The highest BCUT2D eigenvalue weighted by Crippen LogP contribution is 2.13. The molecular formula is C9H11NO4. The van der Waals surface area contributed by atoms with Gasteiger partial charge in [-0.2, -0.15) is 0 Å². The quantitative estimate of drug-likeness (QED) is 0.705. The number of hydrogen-bond acceptors (Lipinski definition) is 4. The van der Waals surface area contributed by atoms with Crippen LogP contribution in [0, 0.1) is 6.92 Å². The highest BCUT2D eigenvalue weighted by atomic mass is 16.7. The molecule has 1 N–H and O–H groups in total. The molecule has 0 spiro atoms. The van der Waals surface area contributed by atoms with Gasteiger partial charge in [-0.3, -0.25) is 9.63 Å². The normalized spacial score (nSPS) is 21.6. The molecule has 5 nitrogen and oxygen atoms in total. The van der Waals surface area contributed by atoms with Crippen LogP contribution in [-0.4, -0.2) is 35.3 Å². The number of aliphatic hydroxyl groups excluding tert-OH is 1. The van der Waals surface area contributed by atoms with Crippen LogP contribution in [0.25, 0.3) is 0 Å². The van der Waals surface area contributed by atoms with Gasteiger partial charge in [-0.25, -0.2) is 5.06 Å². The Morgan fingerprint density at radius 2 is 2.43 bits per heavy atom. The third-order valence-electron chi connectivity index (χ3n) is 1.98. The van der Waals surface area contributed by atoms with Crippen LogP contribution in [-0.2, 0) is 4.84 Å². The molecule has 14 heavy (non-hydrogen) atoms. The number of aryl methyl sites for hydroxylation is 1. The van der Waals surface area contributed by atoms with Crippen molar-refractivity contribution in [2.75, 3.05) is 13.2 Å². The first-order valence-corrected chi connectivity index (χ1v) is 4.36. The lowest BCUT2D eigenvalue weighted by atomic mass is 10.3. The number of carbonyl (C=O) groups excluding carboxylic acids is 1. The van der Waals surface area contributed by atoms with Crippen molar-refractivity contribution in [2.45, 2.75) is 13.0 Å². The van der Waals surface area contributed by atoms with E-state index in [1.54, 1.807) is 19.1 Å². The highest BCUT2D eigenvalue weighted by molar-refractivity contribution is 5.90. The van der Waals surface area contributed by atoms with E-state index in [4.69, 9.17) is 14.4 Å². The minimum Gasteiger partial charge on any atom is -0.456 e. The Bertz CT molecular complexity index is 346. The van der Waals surface area contributed by atoms with Gasteiger partial charge in [-0.15, -0.1) is 0 Å². The van der Waals surface area contributed by atoms with Crippen LogP contribution in [0.1, 0.15) is 16.3 Å². The predicted molar refractivity (Wildman–Crippen MR) is 46.4 cm³/mol. The highest BCUT2D eigenvalue weighted by Gasteiger charge is 2.28. The summed E-state index contributed by atoms with van der Waals surface area (Å²) < 4.78 is 5.14. The van der Waals surface area contributed by atoms with E-state index in [2.05, 4.69) is 0 Å². The Kier molecular flexibility index (Phi) is 2.26. The maximum atomic E-state index is 11.6. The molecule has 2 rings (SSSR count). The Hall–Kier alpha value is -1.33. The minimum atomic E-state index is -0.602. The summed E-state index contributed by atoms with van der Waals surface area (Å²) in [7, 11) is 0. The molecule has 76 valence electrons. The fraction of sp³-hybridized carbons (Fsp3) is 0.444. The number of β-amino-alcohol motifs (C(OH)–C–C–N with tert-alkyl or cyclic N) is 1. The van der Waals surface area contributed by atoms with Crippen molar-refractivity contribution < 1.29 is 19.2 Å². The van der Waals surface area contributed by atoms with E-state index in [9.17, 15) is 4.79 Å². The average Bonchev–Trinajstić information content (AvgIpc) is 2.73. The van der Waals surface area contributed by atoms with E-state index in [0.717, 1.165) is 5.06 Å². The van der Waals surface area contributed by atoms with E-state index in [1.165, 1.54) is 0 Å². The summed E-state index contributed by atoms with van der Waals surface area (Å²) in [6.45, 7) is 2.11. The third kappa shape index (κ3) is 1.64. The summed E-state index contributed by atoms with van der Waals surface area (Å²) >= 11 is 0. The van der Waals surface area contributed by atoms with E-state index in [1.807, 2.05) is 0 Å². The van der Waals surface area contributed by atoms with Crippen LogP contribution in [0.15, 0.2) is 16.5 Å². The van der Waals surface area contributed by atoms with Crippen LogP contribution in [0.3, 0.4) is 0 Å². The molecule has 1 unspecified atom stereocenters. The van der Waals surface area contributed by atoms with Gasteiger partial charge in [-0.1, -0.05) is 0 Å². The molecule has 2 heterocycles. The summed E-state index contributed by atoms with van der Waals surface area (Å²) in [4.78, 5) is 16.6. The molecule has 1 aromatic heterocycles. The summed E-state index contributed by atoms with van der Waals surface area (Å²) in [5, 5.41) is 10.3. The lowest BCUT2D eigenvalue weighted by Crippen LogP contribution is -2.28. The largest absolute Gasteiger partial charge is 0.456 e. The second-order valence-electron chi connectivity index (χ2n) is 3.23. The number of hydrogen-bond donors (Lipinski definition) is 1. The van der Waals surface area contributed by atoms with Crippen molar-refractivity contribution in [3.8, 4) is 0 Å². The molecule has 0 aliphatic carbocycles. The number of aliphatic hydroxyl groups is 1. The van der Waals surface area contributed by atoms with Crippen molar-refractivity contribution in [3.05, 3.63) is 23.7 Å². The monoisotopic (exact) mass is 197 g/mol. The summed E-state index contributed by atoms with van der Waals surface area (Å²) in [5.41, 5.74) is 0. The first kappa shape index (κ1) is 9.23. The molecule has 1 aromatic rings. The fourth-order valence-corrected chi connectivity index (χ4v) is 1.29. The Morgan fingerprint density at radius 3 is 2.93 bits per heavy atom. The lowest BCUT2D eigenvalue weighted by Gasteiger charge is -2.11. The molecule has 1 aliphatic rings. The Balaban J connectivity index is 2.09. The Labute approximate surface area is 80.8 Å². The van der Waals surface area contributed by atoms with Gasteiger partial charge in [0.2, 0.25) is 0 Å². The molecule has 1 fully saturated rings. The fourth-order valence-electron chi connectivity index (χ4n) is 1.29. The van der Waals surface area contributed by atoms with Gasteiger partial charge in [0, 0.05) is 0 Å².